The molecule has 0 bridgehead atoms. The second-order valence-electron chi connectivity index (χ2n) is 4.73. The van der Waals surface area contributed by atoms with Gasteiger partial charge in [-0.1, -0.05) is 0 Å². The number of aryl methyl sites for hydroxylation is 1. The van der Waals surface area contributed by atoms with Gasteiger partial charge in [0, 0.05) is 28.8 Å². The molecule has 1 unspecified atom stereocenters. The number of fused-ring (bicyclic) bond motifs is 1. The smallest absolute Gasteiger partial charge is 0.123 e. The van der Waals surface area contributed by atoms with Crippen molar-refractivity contribution in [1.29, 1.82) is 0 Å². The number of pyridine rings is 1. The quantitative estimate of drug-likeness (QED) is 0.922. The van der Waals surface area contributed by atoms with E-state index < -0.39 is 0 Å². The van der Waals surface area contributed by atoms with Crippen LogP contribution < -0.4 is 5.73 Å². The maximum atomic E-state index is 5.70. The highest BCUT2D eigenvalue weighted by Crippen LogP contribution is 2.39. The topological polar surface area (TPSA) is 51.8 Å². The molecule has 2 N–H and O–H groups in total. The van der Waals surface area contributed by atoms with E-state index in [0.29, 0.717) is 5.92 Å². The third-order valence-corrected chi connectivity index (χ3v) is 4.69. The molecule has 1 atom stereocenters. The molecule has 0 amide bonds. The Hall–Kier alpha value is -1.26. The lowest BCUT2D eigenvalue weighted by Gasteiger charge is -2.19. The van der Waals surface area contributed by atoms with Crippen LogP contribution in [0.2, 0.25) is 0 Å². The van der Waals surface area contributed by atoms with Gasteiger partial charge in [-0.3, -0.25) is 4.98 Å². The summed E-state index contributed by atoms with van der Waals surface area (Å²) in [5.41, 5.74) is 8.19. The molecule has 2 heterocycles. The third-order valence-electron chi connectivity index (χ3n) is 3.51. The zero-order valence-electron chi connectivity index (χ0n) is 10.3. The largest absolute Gasteiger partial charge is 0.330 e. The van der Waals surface area contributed by atoms with Crippen molar-refractivity contribution in [2.24, 2.45) is 5.73 Å². The highest BCUT2D eigenvalue weighted by molar-refractivity contribution is 7.15. The van der Waals surface area contributed by atoms with Crippen molar-refractivity contribution >= 4 is 11.3 Å². The fraction of sp³-hybridized carbons (Fsp3) is 0.429. The summed E-state index contributed by atoms with van der Waals surface area (Å²) in [6, 6.07) is 4.06. The van der Waals surface area contributed by atoms with E-state index >= 15 is 0 Å². The van der Waals surface area contributed by atoms with Crippen LogP contribution in [0, 0.1) is 0 Å². The first-order chi connectivity index (χ1) is 8.88. The molecule has 0 radical (unpaired) electrons. The molecule has 94 valence electrons. The molecule has 4 heteroatoms. The normalized spacial score (nSPS) is 18.6. The average molecular weight is 259 g/mol. The van der Waals surface area contributed by atoms with Gasteiger partial charge in [-0.15, -0.1) is 11.3 Å². The van der Waals surface area contributed by atoms with Gasteiger partial charge in [-0.2, -0.15) is 0 Å². The SMILES string of the molecule is NCCC1CCCc2sc(-c3ccncc3)nc21. The van der Waals surface area contributed by atoms with Gasteiger partial charge < -0.3 is 5.73 Å². The summed E-state index contributed by atoms with van der Waals surface area (Å²) in [5, 5.41) is 1.13. The summed E-state index contributed by atoms with van der Waals surface area (Å²) in [6.45, 7) is 0.756. The first-order valence-corrected chi connectivity index (χ1v) is 7.30. The van der Waals surface area contributed by atoms with Crippen LogP contribution >= 0.6 is 11.3 Å². The van der Waals surface area contributed by atoms with Crippen molar-refractivity contribution in [2.45, 2.75) is 31.6 Å². The minimum Gasteiger partial charge on any atom is -0.330 e. The van der Waals surface area contributed by atoms with Crippen LogP contribution in [-0.4, -0.2) is 16.5 Å². The summed E-state index contributed by atoms with van der Waals surface area (Å²) in [4.78, 5) is 10.4. The van der Waals surface area contributed by atoms with Crippen molar-refractivity contribution in [3.05, 3.63) is 35.1 Å². The number of nitrogens with zero attached hydrogens (tertiary/aromatic N) is 2. The Labute approximate surface area is 111 Å². The van der Waals surface area contributed by atoms with Gasteiger partial charge in [-0.25, -0.2) is 4.98 Å². The molecule has 2 aromatic rings. The van der Waals surface area contributed by atoms with Crippen LogP contribution in [0.3, 0.4) is 0 Å². The number of hydrogen-bond acceptors (Lipinski definition) is 4. The highest BCUT2D eigenvalue weighted by Gasteiger charge is 2.24. The molecular formula is C14H17N3S. The van der Waals surface area contributed by atoms with Crippen LogP contribution in [-0.2, 0) is 6.42 Å². The van der Waals surface area contributed by atoms with Crippen LogP contribution in [0.5, 0.6) is 0 Å². The summed E-state index contributed by atoms with van der Waals surface area (Å²) in [6.07, 6.45) is 8.41. The fourth-order valence-electron chi connectivity index (χ4n) is 2.61. The Balaban J connectivity index is 1.96. The van der Waals surface area contributed by atoms with Crippen molar-refractivity contribution < 1.29 is 0 Å². The maximum Gasteiger partial charge on any atom is 0.123 e. The Morgan fingerprint density at radius 2 is 2.17 bits per heavy atom. The zero-order valence-corrected chi connectivity index (χ0v) is 11.1. The molecule has 0 aliphatic heterocycles. The summed E-state index contributed by atoms with van der Waals surface area (Å²) in [5.74, 6) is 0.575. The molecule has 0 saturated heterocycles. The first-order valence-electron chi connectivity index (χ1n) is 6.48. The monoisotopic (exact) mass is 259 g/mol. The predicted octanol–water partition coefficient (Wildman–Crippen LogP) is 2.97. The Bertz CT molecular complexity index is 521. The molecule has 1 aliphatic rings. The summed E-state index contributed by atoms with van der Waals surface area (Å²) in [7, 11) is 0. The van der Waals surface area contributed by atoms with Gasteiger partial charge in [0.2, 0.25) is 0 Å². The number of aromatic nitrogens is 2. The number of rotatable bonds is 3. The van der Waals surface area contributed by atoms with E-state index in [9.17, 15) is 0 Å². The Morgan fingerprint density at radius 3 is 2.94 bits per heavy atom. The van der Waals surface area contributed by atoms with Crippen molar-refractivity contribution in [3.8, 4) is 10.6 Å². The molecule has 0 spiro atoms. The zero-order chi connectivity index (χ0) is 12.4. The van der Waals surface area contributed by atoms with Gasteiger partial charge >= 0.3 is 0 Å². The molecule has 2 aromatic heterocycles. The molecule has 18 heavy (non-hydrogen) atoms. The molecule has 0 saturated carbocycles. The standard InChI is InChI=1S/C14H17N3S/c15-7-4-10-2-1-3-12-13(10)17-14(18-12)11-5-8-16-9-6-11/h5-6,8-10H,1-4,7,15H2. The van der Waals surface area contributed by atoms with E-state index in [2.05, 4.69) is 4.98 Å². The lowest BCUT2D eigenvalue weighted by molar-refractivity contribution is 0.520. The lowest BCUT2D eigenvalue weighted by atomic mass is 9.88. The molecule has 3 rings (SSSR count). The number of thiazole rings is 1. The Morgan fingerprint density at radius 1 is 1.33 bits per heavy atom. The third kappa shape index (κ3) is 2.18. The first kappa shape index (κ1) is 11.8. The molecule has 1 aliphatic carbocycles. The van der Waals surface area contributed by atoms with E-state index in [1.165, 1.54) is 35.4 Å². The van der Waals surface area contributed by atoms with Crippen molar-refractivity contribution in [2.75, 3.05) is 6.54 Å². The molecular weight excluding hydrogens is 242 g/mol. The minimum absolute atomic E-state index is 0.575. The highest BCUT2D eigenvalue weighted by atomic mass is 32.1. The Kier molecular flexibility index (Phi) is 3.39. The average Bonchev–Trinajstić information content (AvgIpc) is 2.85. The second kappa shape index (κ2) is 5.16. The van der Waals surface area contributed by atoms with E-state index in [0.717, 1.165) is 18.0 Å². The number of nitrogens with two attached hydrogens (primary N) is 1. The minimum atomic E-state index is 0.575. The number of hydrogen-bond donors (Lipinski definition) is 1. The fourth-order valence-corrected chi connectivity index (χ4v) is 3.80. The lowest BCUT2D eigenvalue weighted by Crippen LogP contribution is -2.13. The molecule has 0 fully saturated rings. The van der Waals surface area contributed by atoms with Crippen LogP contribution in [0.4, 0.5) is 0 Å². The van der Waals surface area contributed by atoms with Gasteiger partial charge in [0.15, 0.2) is 0 Å². The van der Waals surface area contributed by atoms with Gasteiger partial charge in [0.1, 0.15) is 5.01 Å². The predicted molar refractivity (Wildman–Crippen MR) is 74.7 cm³/mol. The van der Waals surface area contributed by atoms with E-state index in [-0.39, 0.29) is 0 Å². The van der Waals surface area contributed by atoms with Crippen LogP contribution in [0.25, 0.3) is 10.6 Å². The van der Waals surface area contributed by atoms with Gasteiger partial charge in [-0.05, 0) is 44.4 Å². The van der Waals surface area contributed by atoms with Crippen LogP contribution in [0.1, 0.15) is 35.8 Å². The van der Waals surface area contributed by atoms with Crippen LogP contribution in [0.15, 0.2) is 24.5 Å². The second-order valence-corrected chi connectivity index (χ2v) is 5.81. The van der Waals surface area contributed by atoms with E-state index in [4.69, 9.17) is 10.7 Å². The van der Waals surface area contributed by atoms with Crippen molar-refractivity contribution in [3.63, 3.8) is 0 Å². The molecule has 0 aromatic carbocycles. The maximum absolute atomic E-state index is 5.70. The van der Waals surface area contributed by atoms with Gasteiger partial charge in [0.05, 0.1) is 5.69 Å². The van der Waals surface area contributed by atoms with Gasteiger partial charge in [0.25, 0.3) is 0 Å². The van der Waals surface area contributed by atoms with Crippen molar-refractivity contribution in [1.82, 2.24) is 9.97 Å². The van der Waals surface area contributed by atoms with E-state index in [1.54, 1.807) is 0 Å². The molecule has 3 nitrogen and oxygen atoms in total. The summed E-state index contributed by atoms with van der Waals surface area (Å²) < 4.78 is 0. The van der Waals surface area contributed by atoms with E-state index in [1.807, 2.05) is 35.9 Å². The summed E-state index contributed by atoms with van der Waals surface area (Å²) >= 11 is 1.84.